The van der Waals surface area contributed by atoms with Crippen molar-refractivity contribution < 1.29 is 17.9 Å². The fourth-order valence-electron chi connectivity index (χ4n) is 2.05. The van der Waals surface area contributed by atoms with E-state index in [2.05, 4.69) is 21.2 Å². The zero-order chi connectivity index (χ0) is 16.3. The topological polar surface area (TPSA) is 75.7 Å². The zero-order valence-corrected chi connectivity index (χ0v) is 15.1. The Morgan fingerprint density at radius 1 is 1.41 bits per heavy atom. The van der Waals surface area contributed by atoms with Gasteiger partial charge in [-0.3, -0.25) is 0 Å². The average Bonchev–Trinajstić information content (AvgIpc) is 2.42. The molecular formula is C13H16BrClN2O4S. The number of amides is 2. The number of halogens is 2. The van der Waals surface area contributed by atoms with Gasteiger partial charge in [-0.1, -0.05) is 11.6 Å². The lowest BCUT2D eigenvalue weighted by atomic mass is 10.3. The molecule has 0 unspecified atom stereocenters. The van der Waals surface area contributed by atoms with E-state index in [9.17, 15) is 13.2 Å². The third-order valence-corrected chi connectivity index (χ3v) is 5.59. The summed E-state index contributed by atoms with van der Waals surface area (Å²) < 4.78 is 29.0. The Kier molecular flexibility index (Phi) is 5.57. The molecule has 0 aromatic heterocycles. The van der Waals surface area contributed by atoms with Crippen molar-refractivity contribution in [3.8, 4) is 5.75 Å². The second-order valence-corrected chi connectivity index (χ2v) is 8.36. The van der Waals surface area contributed by atoms with Crippen LogP contribution in [0.5, 0.6) is 5.75 Å². The van der Waals surface area contributed by atoms with E-state index in [1.165, 1.54) is 4.90 Å². The largest absolute Gasteiger partial charge is 0.491 e. The Morgan fingerprint density at radius 3 is 2.64 bits per heavy atom. The number of carbonyl (C=O) groups is 1. The maximum absolute atomic E-state index is 12.3. The van der Waals surface area contributed by atoms with E-state index in [-0.39, 0.29) is 30.6 Å². The van der Waals surface area contributed by atoms with Gasteiger partial charge in [0.1, 0.15) is 0 Å². The Hall–Kier alpha value is -0.990. The number of anilines is 1. The van der Waals surface area contributed by atoms with Crippen LogP contribution in [0.3, 0.4) is 0 Å². The quantitative estimate of drug-likeness (QED) is 0.830. The second-order valence-electron chi connectivity index (χ2n) is 4.77. The van der Waals surface area contributed by atoms with E-state index < -0.39 is 9.84 Å². The lowest BCUT2D eigenvalue weighted by Gasteiger charge is -2.27. The summed E-state index contributed by atoms with van der Waals surface area (Å²) in [5.74, 6) is 0.459. The van der Waals surface area contributed by atoms with E-state index in [4.69, 9.17) is 16.3 Å². The van der Waals surface area contributed by atoms with Crippen molar-refractivity contribution >= 4 is 49.1 Å². The number of hydrogen-bond donors (Lipinski definition) is 1. The number of nitrogens with zero attached hydrogens (tertiary/aromatic N) is 1. The van der Waals surface area contributed by atoms with Crippen molar-refractivity contribution in [2.45, 2.75) is 6.92 Å². The Morgan fingerprint density at radius 2 is 2.05 bits per heavy atom. The second kappa shape index (κ2) is 7.06. The van der Waals surface area contributed by atoms with Crippen molar-refractivity contribution in [3.05, 3.63) is 21.6 Å². The molecule has 1 heterocycles. The van der Waals surface area contributed by atoms with Crippen molar-refractivity contribution in [1.29, 1.82) is 0 Å². The van der Waals surface area contributed by atoms with Gasteiger partial charge in [0, 0.05) is 18.1 Å². The van der Waals surface area contributed by atoms with Gasteiger partial charge in [0.25, 0.3) is 0 Å². The SMILES string of the molecule is CCOc1c(Br)cc(Cl)cc1NC(=O)N1CCS(=O)(=O)CC1. The smallest absolute Gasteiger partial charge is 0.322 e. The first kappa shape index (κ1) is 17.4. The lowest BCUT2D eigenvalue weighted by molar-refractivity contribution is 0.216. The van der Waals surface area contributed by atoms with Crippen LogP contribution in [-0.2, 0) is 9.84 Å². The van der Waals surface area contributed by atoms with Gasteiger partial charge in [0.05, 0.1) is 28.3 Å². The molecule has 122 valence electrons. The summed E-state index contributed by atoms with van der Waals surface area (Å²) in [6.07, 6.45) is 0. The molecule has 22 heavy (non-hydrogen) atoms. The molecule has 6 nitrogen and oxygen atoms in total. The normalized spacial score (nSPS) is 17.1. The van der Waals surface area contributed by atoms with Crippen molar-refractivity contribution in [2.24, 2.45) is 0 Å². The van der Waals surface area contributed by atoms with E-state index >= 15 is 0 Å². The molecule has 2 amide bonds. The monoisotopic (exact) mass is 410 g/mol. The Labute approximate surface area is 142 Å². The minimum absolute atomic E-state index is 0.0159. The summed E-state index contributed by atoms with van der Waals surface area (Å²) in [7, 11) is -3.03. The number of hydrogen-bond acceptors (Lipinski definition) is 4. The molecule has 9 heteroatoms. The number of sulfone groups is 1. The Balaban J connectivity index is 2.15. The van der Waals surface area contributed by atoms with Gasteiger partial charge in [0.15, 0.2) is 15.6 Å². The van der Waals surface area contributed by atoms with Crippen LogP contribution in [-0.4, -0.2) is 50.6 Å². The average molecular weight is 412 g/mol. The summed E-state index contributed by atoms with van der Waals surface area (Å²) in [5, 5.41) is 3.18. The lowest BCUT2D eigenvalue weighted by Crippen LogP contribution is -2.45. The van der Waals surface area contributed by atoms with Crippen LogP contribution in [0.15, 0.2) is 16.6 Å². The van der Waals surface area contributed by atoms with E-state index in [0.29, 0.717) is 27.5 Å². The fraction of sp³-hybridized carbons (Fsp3) is 0.462. The Bertz CT molecular complexity index is 667. The molecule has 1 N–H and O–H groups in total. The highest BCUT2D eigenvalue weighted by Crippen LogP contribution is 2.36. The van der Waals surface area contributed by atoms with Gasteiger partial charge in [-0.15, -0.1) is 0 Å². The molecule has 1 aliphatic heterocycles. The number of nitrogens with one attached hydrogen (secondary N) is 1. The van der Waals surface area contributed by atoms with Crippen LogP contribution in [0.1, 0.15) is 6.92 Å². The highest BCUT2D eigenvalue weighted by Gasteiger charge is 2.25. The van der Waals surface area contributed by atoms with Crippen molar-refractivity contribution in [2.75, 3.05) is 36.5 Å². The van der Waals surface area contributed by atoms with Crippen LogP contribution < -0.4 is 10.1 Å². The van der Waals surface area contributed by atoms with E-state index in [1.54, 1.807) is 12.1 Å². The van der Waals surface area contributed by atoms with Gasteiger partial charge in [-0.25, -0.2) is 13.2 Å². The van der Waals surface area contributed by atoms with Gasteiger partial charge in [0.2, 0.25) is 0 Å². The van der Waals surface area contributed by atoms with Crippen LogP contribution in [0.25, 0.3) is 0 Å². The van der Waals surface area contributed by atoms with E-state index in [1.807, 2.05) is 6.92 Å². The predicted molar refractivity (Wildman–Crippen MR) is 89.6 cm³/mol. The highest BCUT2D eigenvalue weighted by molar-refractivity contribution is 9.10. The van der Waals surface area contributed by atoms with Gasteiger partial charge < -0.3 is 15.0 Å². The molecule has 0 aliphatic carbocycles. The van der Waals surface area contributed by atoms with Crippen LogP contribution >= 0.6 is 27.5 Å². The molecule has 1 aromatic rings. The predicted octanol–water partition coefficient (Wildman–Crippen LogP) is 2.76. The first-order valence-corrected chi connectivity index (χ1v) is 9.70. The molecule has 0 atom stereocenters. The molecule has 2 rings (SSSR count). The summed E-state index contributed by atoms with van der Waals surface area (Å²) in [6.45, 7) is 2.63. The summed E-state index contributed by atoms with van der Waals surface area (Å²) in [5.41, 5.74) is 0.444. The third-order valence-electron chi connectivity index (χ3n) is 3.17. The van der Waals surface area contributed by atoms with Crippen molar-refractivity contribution in [1.82, 2.24) is 4.90 Å². The maximum Gasteiger partial charge on any atom is 0.322 e. The molecule has 0 spiro atoms. The zero-order valence-electron chi connectivity index (χ0n) is 11.9. The molecule has 1 fully saturated rings. The van der Waals surface area contributed by atoms with Gasteiger partial charge in [-0.2, -0.15) is 0 Å². The molecule has 0 radical (unpaired) electrons. The first-order valence-electron chi connectivity index (χ1n) is 6.70. The third kappa shape index (κ3) is 4.27. The van der Waals surface area contributed by atoms with Gasteiger partial charge in [-0.05, 0) is 35.0 Å². The van der Waals surface area contributed by atoms with Crippen LogP contribution in [0.2, 0.25) is 5.02 Å². The standard InChI is InChI=1S/C13H16BrClN2O4S/c1-2-21-12-10(14)7-9(15)8-11(12)16-13(18)17-3-5-22(19,20)6-4-17/h7-8H,2-6H2,1H3,(H,16,18). The summed E-state index contributed by atoms with van der Waals surface area (Å²) >= 11 is 9.35. The molecule has 0 saturated carbocycles. The number of ether oxygens (including phenoxy) is 1. The highest BCUT2D eigenvalue weighted by atomic mass is 79.9. The fourth-order valence-corrected chi connectivity index (χ4v) is 4.18. The molecule has 1 saturated heterocycles. The molecule has 1 aliphatic rings. The van der Waals surface area contributed by atoms with Crippen molar-refractivity contribution in [3.63, 3.8) is 0 Å². The maximum atomic E-state index is 12.3. The minimum atomic E-state index is -3.03. The summed E-state index contributed by atoms with van der Waals surface area (Å²) in [6, 6.07) is 2.90. The number of carbonyl (C=O) groups excluding carboxylic acids is 1. The molecule has 0 bridgehead atoms. The minimum Gasteiger partial charge on any atom is -0.491 e. The molecule has 1 aromatic carbocycles. The van der Waals surface area contributed by atoms with Crippen LogP contribution in [0.4, 0.5) is 10.5 Å². The summed E-state index contributed by atoms with van der Waals surface area (Å²) in [4.78, 5) is 13.7. The first-order chi connectivity index (χ1) is 10.3. The van der Waals surface area contributed by atoms with Crippen LogP contribution in [0, 0.1) is 0 Å². The number of benzene rings is 1. The van der Waals surface area contributed by atoms with Gasteiger partial charge >= 0.3 is 6.03 Å². The van der Waals surface area contributed by atoms with E-state index in [0.717, 1.165) is 0 Å². The molecular weight excluding hydrogens is 396 g/mol. The number of urea groups is 1. The number of rotatable bonds is 3.